The number of hydrogen-bond acceptors (Lipinski definition) is 4. The Morgan fingerprint density at radius 3 is 2.68 bits per heavy atom. The van der Waals surface area contributed by atoms with Gasteiger partial charge in [0.1, 0.15) is 5.00 Å². The smallest absolute Gasteiger partial charge is 0.340 e. The Morgan fingerprint density at radius 1 is 1.53 bits per heavy atom. The van der Waals surface area contributed by atoms with E-state index in [1.54, 1.807) is 6.07 Å². The SMILES string of the molecule is CCC(C)(C)NC(=S)Nc1sc(C)cc1C(=O)OC. The molecule has 0 amide bonds. The lowest BCUT2D eigenvalue weighted by Crippen LogP contribution is -2.44. The molecule has 4 nitrogen and oxygen atoms in total. The van der Waals surface area contributed by atoms with Gasteiger partial charge in [-0.05, 0) is 45.5 Å². The third-order valence-electron chi connectivity index (χ3n) is 2.82. The molecule has 0 aromatic carbocycles. The molecule has 0 saturated carbocycles. The minimum absolute atomic E-state index is 0.0815. The molecule has 0 aliphatic rings. The molecule has 1 heterocycles. The summed E-state index contributed by atoms with van der Waals surface area (Å²) in [7, 11) is 1.37. The van der Waals surface area contributed by atoms with Gasteiger partial charge in [0.15, 0.2) is 5.11 Å². The van der Waals surface area contributed by atoms with Crippen molar-refractivity contribution in [3.8, 4) is 0 Å². The maximum Gasteiger partial charge on any atom is 0.340 e. The minimum Gasteiger partial charge on any atom is -0.465 e. The molecule has 1 rings (SSSR count). The standard InChI is InChI=1S/C13H20N2O2S2/c1-6-13(3,4)15-12(18)14-10-9(11(16)17-5)7-8(2)19-10/h7H,6H2,1-5H3,(H2,14,15,18). The maximum absolute atomic E-state index is 11.7. The lowest BCUT2D eigenvalue weighted by Gasteiger charge is -2.26. The van der Waals surface area contributed by atoms with Gasteiger partial charge >= 0.3 is 5.97 Å². The molecule has 19 heavy (non-hydrogen) atoms. The zero-order chi connectivity index (χ0) is 14.6. The first-order valence-electron chi connectivity index (χ1n) is 6.07. The van der Waals surface area contributed by atoms with E-state index in [4.69, 9.17) is 17.0 Å². The first kappa shape index (κ1) is 15.9. The molecular weight excluding hydrogens is 280 g/mol. The van der Waals surface area contributed by atoms with E-state index in [1.807, 2.05) is 6.92 Å². The lowest BCUT2D eigenvalue weighted by molar-refractivity contribution is 0.0602. The number of nitrogens with one attached hydrogen (secondary N) is 2. The molecular formula is C13H20N2O2S2. The number of carbonyl (C=O) groups excluding carboxylic acids is 1. The monoisotopic (exact) mass is 300 g/mol. The van der Waals surface area contributed by atoms with Crippen LogP contribution in [0.4, 0.5) is 5.00 Å². The molecule has 0 aliphatic carbocycles. The van der Waals surface area contributed by atoms with E-state index in [0.29, 0.717) is 15.7 Å². The molecule has 1 aromatic heterocycles. The van der Waals surface area contributed by atoms with Crippen LogP contribution in [0.1, 0.15) is 42.4 Å². The van der Waals surface area contributed by atoms with Crippen molar-refractivity contribution in [1.29, 1.82) is 0 Å². The molecule has 1 aromatic rings. The fourth-order valence-electron chi connectivity index (χ4n) is 1.40. The van der Waals surface area contributed by atoms with Crippen LogP contribution in [0, 0.1) is 6.92 Å². The van der Waals surface area contributed by atoms with E-state index >= 15 is 0 Å². The van der Waals surface area contributed by atoms with Crippen LogP contribution in [0.5, 0.6) is 0 Å². The summed E-state index contributed by atoms with van der Waals surface area (Å²) in [6.45, 7) is 8.17. The number of rotatable bonds is 4. The largest absolute Gasteiger partial charge is 0.465 e. The molecule has 6 heteroatoms. The number of methoxy groups -OCH3 is 1. The topological polar surface area (TPSA) is 50.4 Å². The summed E-state index contributed by atoms with van der Waals surface area (Å²) < 4.78 is 4.76. The van der Waals surface area contributed by atoms with Gasteiger partial charge in [0.25, 0.3) is 0 Å². The van der Waals surface area contributed by atoms with Crippen LogP contribution in [0.15, 0.2) is 6.07 Å². The predicted octanol–water partition coefficient (Wildman–Crippen LogP) is 3.32. The second-order valence-corrected chi connectivity index (χ2v) is 6.57. The number of carbonyl (C=O) groups is 1. The van der Waals surface area contributed by atoms with E-state index in [0.717, 1.165) is 11.3 Å². The van der Waals surface area contributed by atoms with Gasteiger partial charge < -0.3 is 15.4 Å². The fourth-order valence-corrected chi connectivity index (χ4v) is 2.75. The Hall–Kier alpha value is -1.14. The third-order valence-corrected chi connectivity index (χ3v) is 3.99. The average Bonchev–Trinajstić information content (AvgIpc) is 2.68. The summed E-state index contributed by atoms with van der Waals surface area (Å²) in [6, 6.07) is 1.80. The van der Waals surface area contributed by atoms with E-state index in [9.17, 15) is 4.79 Å². The average molecular weight is 300 g/mol. The van der Waals surface area contributed by atoms with Crippen LogP contribution in [0.2, 0.25) is 0 Å². The molecule has 0 fully saturated rings. The highest BCUT2D eigenvalue weighted by Crippen LogP contribution is 2.28. The quantitative estimate of drug-likeness (QED) is 0.660. The van der Waals surface area contributed by atoms with E-state index in [2.05, 4.69) is 31.4 Å². The Balaban J connectivity index is 2.82. The van der Waals surface area contributed by atoms with Crippen molar-refractivity contribution < 1.29 is 9.53 Å². The van der Waals surface area contributed by atoms with Crippen LogP contribution >= 0.6 is 23.6 Å². The van der Waals surface area contributed by atoms with Crippen molar-refractivity contribution in [1.82, 2.24) is 5.32 Å². The lowest BCUT2D eigenvalue weighted by atomic mass is 10.0. The van der Waals surface area contributed by atoms with Crippen LogP contribution in [-0.2, 0) is 4.74 Å². The van der Waals surface area contributed by atoms with Crippen molar-refractivity contribution >= 4 is 39.6 Å². The van der Waals surface area contributed by atoms with Gasteiger partial charge in [-0.1, -0.05) is 6.92 Å². The predicted molar refractivity (Wildman–Crippen MR) is 84.1 cm³/mol. The van der Waals surface area contributed by atoms with Crippen LogP contribution in [-0.4, -0.2) is 23.7 Å². The summed E-state index contributed by atoms with van der Waals surface area (Å²) >= 11 is 6.75. The summed E-state index contributed by atoms with van der Waals surface area (Å²) in [6.07, 6.45) is 0.947. The molecule has 0 spiro atoms. The highest BCUT2D eigenvalue weighted by molar-refractivity contribution is 7.80. The Morgan fingerprint density at radius 2 is 2.16 bits per heavy atom. The van der Waals surface area contributed by atoms with Crippen molar-refractivity contribution in [3.05, 3.63) is 16.5 Å². The summed E-state index contributed by atoms with van der Waals surface area (Å²) in [5.41, 5.74) is 0.436. The van der Waals surface area contributed by atoms with Gasteiger partial charge in [0.2, 0.25) is 0 Å². The molecule has 0 radical (unpaired) electrons. The van der Waals surface area contributed by atoms with Crippen LogP contribution in [0.25, 0.3) is 0 Å². The number of esters is 1. The Bertz CT molecular complexity index is 481. The highest BCUT2D eigenvalue weighted by atomic mass is 32.1. The number of hydrogen-bond donors (Lipinski definition) is 2. The molecule has 0 atom stereocenters. The fraction of sp³-hybridized carbons (Fsp3) is 0.538. The number of aryl methyl sites for hydroxylation is 1. The first-order valence-corrected chi connectivity index (χ1v) is 7.29. The van der Waals surface area contributed by atoms with Crippen molar-refractivity contribution in [2.45, 2.75) is 39.7 Å². The van der Waals surface area contributed by atoms with Gasteiger partial charge in [-0.15, -0.1) is 11.3 Å². The second-order valence-electron chi connectivity index (χ2n) is 4.91. The molecule has 0 unspecified atom stereocenters. The van der Waals surface area contributed by atoms with E-state index in [1.165, 1.54) is 18.4 Å². The second kappa shape index (κ2) is 6.34. The van der Waals surface area contributed by atoms with Gasteiger partial charge in [0.05, 0.1) is 12.7 Å². The number of anilines is 1. The van der Waals surface area contributed by atoms with Gasteiger partial charge in [-0.2, -0.15) is 0 Å². The van der Waals surface area contributed by atoms with Crippen LogP contribution in [0.3, 0.4) is 0 Å². The van der Waals surface area contributed by atoms with Crippen molar-refractivity contribution in [3.63, 3.8) is 0 Å². The van der Waals surface area contributed by atoms with Gasteiger partial charge in [-0.25, -0.2) is 4.79 Å². The molecule has 106 valence electrons. The highest BCUT2D eigenvalue weighted by Gasteiger charge is 2.19. The molecule has 0 bridgehead atoms. The minimum atomic E-state index is -0.357. The number of thiophene rings is 1. The molecule has 2 N–H and O–H groups in total. The zero-order valence-electron chi connectivity index (χ0n) is 11.9. The number of thiocarbonyl (C=S) groups is 1. The third kappa shape index (κ3) is 4.47. The summed E-state index contributed by atoms with van der Waals surface area (Å²) in [5.74, 6) is -0.357. The number of ether oxygens (including phenoxy) is 1. The molecule has 0 aliphatic heterocycles. The van der Waals surface area contributed by atoms with Crippen molar-refractivity contribution in [2.24, 2.45) is 0 Å². The summed E-state index contributed by atoms with van der Waals surface area (Å²) in [4.78, 5) is 12.7. The Kier molecular flexibility index (Phi) is 5.31. The van der Waals surface area contributed by atoms with Gasteiger partial charge in [0, 0.05) is 10.4 Å². The van der Waals surface area contributed by atoms with Crippen molar-refractivity contribution in [2.75, 3.05) is 12.4 Å². The Labute approximate surface area is 123 Å². The summed E-state index contributed by atoms with van der Waals surface area (Å²) in [5, 5.41) is 7.53. The first-order chi connectivity index (χ1) is 8.79. The van der Waals surface area contributed by atoms with Gasteiger partial charge in [-0.3, -0.25) is 0 Å². The molecule has 0 saturated heterocycles. The normalized spacial score (nSPS) is 11.0. The maximum atomic E-state index is 11.7. The van der Waals surface area contributed by atoms with E-state index < -0.39 is 0 Å². The van der Waals surface area contributed by atoms with Crippen LogP contribution < -0.4 is 10.6 Å². The van der Waals surface area contributed by atoms with E-state index in [-0.39, 0.29) is 11.5 Å². The zero-order valence-corrected chi connectivity index (χ0v) is 13.6.